The number of nitrogens with two attached hydrogens (primary N) is 1. The largest absolute Gasteiger partial charge is 0.381 e. The lowest BCUT2D eigenvalue weighted by molar-refractivity contribution is -0.122. The first-order valence-corrected chi connectivity index (χ1v) is 9.12. The van der Waals surface area contributed by atoms with Gasteiger partial charge in [0.1, 0.15) is 5.82 Å². The summed E-state index contributed by atoms with van der Waals surface area (Å²) < 4.78 is 5.48. The van der Waals surface area contributed by atoms with Gasteiger partial charge in [-0.25, -0.2) is 4.98 Å². The van der Waals surface area contributed by atoms with Crippen LogP contribution >= 0.6 is 0 Å². The molecule has 0 bridgehead atoms. The van der Waals surface area contributed by atoms with Crippen molar-refractivity contribution in [3.05, 3.63) is 23.9 Å². The highest BCUT2D eigenvalue weighted by Crippen LogP contribution is 2.21. The predicted molar refractivity (Wildman–Crippen MR) is 97.2 cm³/mol. The molecule has 2 saturated heterocycles. The molecule has 25 heavy (non-hydrogen) atoms. The molecule has 2 aliphatic heterocycles. The molecule has 3 heterocycles. The van der Waals surface area contributed by atoms with Crippen molar-refractivity contribution in [1.29, 1.82) is 0 Å². The number of hydrogen-bond acceptors (Lipinski definition) is 6. The maximum atomic E-state index is 12.0. The van der Waals surface area contributed by atoms with E-state index in [-0.39, 0.29) is 11.8 Å². The van der Waals surface area contributed by atoms with Crippen LogP contribution in [-0.4, -0.2) is 73.2 Å². The molecule has 3 N–H and O–H groups in total. The summed E-state index contributed by atoms with van der Waals surface area (Å²) >= 11 is 0. The van der Waals surface area contributed by atoms with Crippen LogP contribution in [0.3, 0.4) is 0 Å². The lowest BCUT2D eigenvalue weighted by Crippen LogP contribution is -2.44. The predicted octanol–water partition coefficient (Wildman–Crippen LogP) is 0.521. The molecule has 7 nitrogen and oxygen atoms in total. The van der Waals surface area contributed by atoms with Crippen molar-refractivity contribution in [2.24, 2.45) is 11.7 Å². The zero-order valence-electron chi connectivity index (χ0n) is 15.0. The van der Waals surface area contributed by atoms with E-state index in [0.29, 0.717) is 12.6 Å². The highest BCUT2D eigenvalue weighted by atomic mass is 16.5. The topological polar surface area (TPSA) is 83.7 Å². The SMILES string of the molecule is CNc1ncccc1CN1CCN(C2CCOCC2)C[C@@H](C(N)=O)C1. The first kappa shape index (κ1) is 18.1. The monoisotopic (exact) mass is 347 g/mol. The van der Waals surface area contributed by atoms with Gasteiger partial charge in [0.25, 0.3) is 0 Å². The fraction of sp³-hybridized carbons (Fsp3) is 0.667. The molecule has 0 radical (unpaired) electrons. The van der Waals surface area contributed by atoms with E-state index in [4.69, 9.17) is 10.5 Å². The van der Waals surface area contributed by atoms with Crippen LogP contribution in [0.25, 0.3) is 0 Å². The molecule has 0 unspecified atom stereocenters. The van der Waals surface area contributed by atoms with Crippen LogP contribution < -0.4 is 11.1 Å². The molecule has 7 heteroatoms. The van der Waals surface area contributed by atoms with Gasteiger partial charge in [-0.3, -0.25) is 14.6 Å². The average Bonchev–Trinajstić information content (AvgIpc) is 2.86. The maximum absolute atomic E-state index is 12.0. The van der Waals surface area contributed by atoms with E-state index in [1.807, 2.05) is 13.1 Å². The zero-order chi connectivity index (χ0) is 17.6. The highest BCUT2D eigenvalue weighted by Gasteiger charge is 2.31. The average molecular weight is 347 g/mol. The standard InChI is InChI=1S/C18H29N5O2/c1-20-18-14(3-2-6-21-18)11-22-7-8-23(13-15(12-22)17(19)24)16-4-9-25-10-5-16/h2-3,6,15-16H,4-5,7-13H2,1H3,(H2,19,24)(H,20,21)/t15-/m0/s1. The second-order valence-corrected chi connectivity index (χ2v) is 6.93. The smallest absolute Gasteiger partial charge is 0.223 e. The first-order chi connectivity index (χ1) is 12.2. The van der Waals surface area contributed by atoms with Gasteiger partial charge >= 0.3 is 0 Å². The summed E-state index contributed by atoms with van der Waals surface area (Å²) in [7, 11) is 1.88. The molecule has 1 atom stereocenters. The van der Waals surface area contributed by atoms with E-state index in [0.717, 1.165) is 63.6 Å². The molecule has 0 aromatic carbocycles. The number of primary amides is 1. The van der Waals surface area contributed by atoms with Gasteiger partial charge < -0.3 is 15.8 Å². The van der Waals surface area contributed by atoms with Crippen LogP contribution in [0.2, 0.25) is 0 Å². The van der Waals surface area contributed by atoms with Gasteiger partial charge in [-0.1, -0.05) is 6.07 Å². The molecule has 0 aliphatic carbocycles. The molecule has 2 aliphatic rings. The summed E-state index contributed by atoms with van der Waals surface area (Å²) in [6.45, 7) is 5.74. The van der Waals surface area contributed by atoms with Crippen LogP contribution in [0.5, 0.6) is 0 Å². The van der Waals surface area contributed by atoms with E-state index in [2.05, 4.69) is 26.2 Å². The van der Waals surface area contributed by atoms with Crippen LogP contribution in [0.4, 0.5) is 5.82 Å². The Hall–Kier alpha value is -1.70. The van der Waals surface area contributed by atoms with E-state index >= 15 is 0 Å². The van der Waals surface area contributed by atoms with E-state index in [1.54, 1.807) is 6.20 Å². The Morgan fingerprint density at radius 1 is 1.36 bits per heavy atom. The van der Waals surface area contributed by atoms with E-state index in [9.17, 15) is 4.79 Å². The van der Waals surface area contributed by atoms with Crippen LogP contribution in [-0.2, 0) is 16.1 Å². The van der Waals surface area contributed by atoms with Gasteiger partial charge in [0.15, 0.2) is 0 Å². The van der Waals surface area contributed by atoms with Crippen molar-refractivity contribution in [2.45, 2.75) is 25.4 Å². The molecule has 3 rings (SSSR count). The van der Waals surface area contributed by atoms with E-state index in [1.165, 1.54) is 0 Å². The fourth-order valence-corrected chi connectivity index (χ4v) is 3.84. The summed E-state index contributed by atoms with van der Waals surface area (Å²) in [5, 5.41) is 3.14. The van der Waals surface area contributed by atoms with Gasteiger partial charge in [0, 0.05) is 70.8 Å². The molecular formula is C18H29N5O2. The number of carbonyl (C=O) groups is 1. The van der Waals surface area contributed by atoms with Crippen molar-refractivity contribution in [2.75, 3.05) is 51.8 Å². The molecule has 0 spiro atoms. The summed E-state index contributed by atoms with van der Waals surface area (Å²) in [5.74, 6) is 0.549. The third-order valence-corrected chi connectivity index (χ3v) is 5.27. The minimum absolute atomic E-state index is 0.139. The Morgan fingerprint density at radius 2 is 2.16 bits per heavy atom. The normalized spacial score (nSPS) is 24.0. The van der Waals surface area contributed by atoms with Crippen molar-refractivity contribution >= 4 is 11.7 Å². The maximum Gasteiger partial charge on any atom is 0.223 e. The van der Waals surface area contributed by atoms with Gasteiger partial charge in [0.2, 0.25) is 5.91 Å². The van der Waals surface area contributed by atoms with E-state index < -0.39 is 0 Å². The lowest BCUT2D eigenvalue weighted by Gasteiger charge is -2.34. The summed E-state index contributed by atoms with van der Waals surface area (Å²) in [4.78, 5) is 21.1. The number of rotatable bonds is 5. The fourth-order valence-electron chi connectivity index (χ4n) is 3.84. The molecule has 1 aromatic heterocycles. The second-order valence-electron chi connectivity index (χ2n) is 6.93. The number of anilines is 1. The quantitative estimate of drug-likeness (QED) is 0.808. The number of amides is 1. The summed E-state index contributed by atoms with van der Waals surface area (Å²) in [6, 6.07) is 4.54. The minimum Gasteiger partial charge on any atom is -0.381 e. The number of ether oxygens (including phenoxy) is 1. The molecule has 1 aromatic rings. The Labute approximate surface area is 149 Å². The van der Waals surface area contributed by atoms with Gasteiger partial charge in [-0.2, -0.15) is 0 Å². The number of pyridine rings is 1. The zero-order valence-corrected chi connectivity index (χ0v) is 15.0. The number of aromatic nitrogens is 1. The van der Waals surface area contributed by atoms with Crippen LogP contribution in [0, 0.1) is 5.92 Å². The van der Waals surface area contributed by atoms with Crippen molar-refractivity contribution in [1.82, 2.24) is 14.8 Å². The third kappa shape index (κ3) is 4.68. The van der Waals surface area contributed by atoms with Crippen LogP contribution in [0.15, 0.2) is 18.3 Å². The Bertz CT molecular complexity index is 576. The second kappa shape index (κ2) is 8.60. The van der Waals surface area contributed by atoms with Crippen molar-refractivity contribution in [3.63, 3.8) is 0 Å². The third-order valence-electron chi connectivity index (χ3n) is 5.27. The number of nitrogens with zero attached hydrogens (tertiary/aromatic N) is 3. The number of hydrogen-bond donors (Lipinski definition) is 2. The van der Waals surface area contributed by atoms with Gasteiger partial charge in [0.05, 0.1) is 5.92 Å². The van der Waals surface area contributed by atoms with Crippen molar-refractivity contribution in [3.8, 4) is 0 Å². The molecule has 138 valence electrons. The summed E-state index contributed by atoms with van der Waals surface area (Å²) in [5.41, 5.74) is 6.84. The number of nitrogens with one attached hydrogen (secondary N) is 1. The minimum atomic E-state index is -0.205. The van der Waals surface area contributed by atoms with Crippen molar-refractivity contribution < 1.29 is 9.53 Å². The molecule has 1 amide bonds. The molecular weight excluding hydrogens is 318 g/mol. The molecule has 2 fully saturated rings. The Balaban J connectivity index is 1.70. The van der Waals surface area contributed by atoms with Crippen LogP contribution in [0.1, 0.15) is 18.4 Å². The Kier molecular flexibility index (Phi) is 6.23. The van der Waals surface area contributed by atoms with Gasteiger partial charge in [-0.05, 0) is 18.9 Å². The lowest BCUT2D eigenvalue weighted by atomic mass is 10.0. The Morgan fingerprint density at radius 3 is 2.88 bits per heavy atom. The summed E-state index contributed by atoms with van der Waals surface area (Å²) in [6.07, 6.45) is 3.87. The number of carbonyl (C=O) groups excluding carboxylic acids is 1. The first-order valence-electron chi connectivity index (χ1n) is 9.12. The highest BCUT2D eigenvalue weighted by molar-refractivity contribution is 5.77. The molecule has 0 saturated carbocycles. The van der Waals surface area contributed by atoms with Gasteiger partial charge in [-0.15, -0.1) is 0 Å².